The number of rotatable bonds is 3. The number of aromatic hydroxyl groups is 2. The number of benzene rings is 1. The van der Waals surface area contributed by atoms with E-state index < -0.39 is 0 Å². The summed E-state index contributed by atoms with van der Waals surface area (Å²) in [5, 5.41) is 20.5. The van der Waals surface area contributed by atoms with Crippen LogP contribution in [0.15, 0.2) is 12.3 Å². The lowest BCUT2D eigenvalue weighted by molar-refractivity contribution is 0.0503. The molecule has 3 nitrogen and oxygen atoms in total. The maximum Gasteiger partial charge on any atom is 0.122 e. The Kier molecular flexibility index (Phi) is 3.72. The SMILES string of the molecule is C=C1CC[C@](C)(CCc2c(C)c(O)c(C)c(C)c2O)O1. The van der Waals surface area contributed by atoms with E-state index in [0.29, 0.717) is 12.2 Å². The zero-order chi connectivity index (χ0) is 15.1. The minimum atomic E-state index is -0.204. The van der Waals surface area contributed by atoms with Gasteiger partial charge in [-0.3, -0.25) is 0 Å². The molecule has 1 atom stereocenters. The van der Waals surface area contributed by atoms with Gasteiger partial charge in [-0.2, -0.15) is 0 Å². The summed E-state index contributed by atoms with van der Waals surface area (Å²) in [5.74, 6) is 1.44. The fourth-order valence-corrected chi connectivity index (χ4v) is 2.91. The number of phenolic OH excluding ortho intramolecular Hbond substituents is 2. The van der Waals surface area contributed by atoms with Crippen LogP contribution in [-0.2, 0) is 11.2 Å². The van der Waals surface area contributed by atoms with Crippen LogP contribution in [-0.4, -0.2) is 15.8 Å². The van der Waals surface area contributed by atoms with Crippen molar-refractivity contribution in [2.24, 2.45) is 0 Å². The second-order valence-electron chi connectivity index (χ2n) is 6.14. The van der Waals surface area contributed by atoms with Gasteiger partial charge in [0.15, 0.2) is 0 Å². The molecule has 1 aliphatic rings. The van der Waals surface area contributed by atoms with Gasteiger partial charge >= 0.3 is 0 Å². The van der Waals surface area contributed by atoms with Crippen LogP contribution in [0.3, 0.4) is 0 Å². The van der Waals surface area contributed by atoms with Crippen molar-refractivity contribution >= 4 is 0 Å². The van der Waals surface area contributed by atoms with Gasteiger partial charge in [0.1, 0.15) is 17.1 Å². The third-order valence-electron chi connectivity index (χ3n) is 4.59. The van der Waals surface area contributed by atoms with Crippen LogP contribution in [0, 0.1) is 20.8 Å². The fourth-order valence-electron chi connectivity index (χ4n) is 2.91. The number of allylic oxidation sites excluding steroid dienone is 1. The Labute approximate surface area is 120 Å². The molecule has 1 aromatic rings. The predicted octanol–water partition coefficient (Wildman–Crippen LogP) is 4.04. The molecule has 0 spiro atoms. The van der Waals surface area contributed by atoms with E-state index in [4.69, 9.17) is 4.74 Å². The highest BCUT2D eigenvalue weighted by Gasteiger charge is 2.33. The largest absolute Gasteiger partial charge is 0.507 e. The van der Waals surface area contributed by atoms with Crippen molar-refractivity contribution in [3.8, 4) is 11.5 Å². The van der Waals surface area contributed by atoms with E-state index >= 15 is 0 Å². The van der Waals surface area contributed by atoms with Crippen molar-refractivity contribution in [2.45, 2.75) is 59.0 Å². The second-order valence-corrected chi connectivity index (χ2v) is 6.14. The van der Waals surface area contributed by atoms with Gasteiger partial charge in [0, 0.05) is 12.0 Å². The number of phenols is 2. The van der Waals surface area contributed by atoms with Gasteiger partial charge in [-0.25, -0.2) is 0 Å². The lowest BCUT2D eigenvalue weighted by atomic mass is 9.89. The molecular formula is C17H24O3. The highest BCUT2D eigenvalue weighted by molar-refractivity contribution is 5.56. The molecule has 1 saturated heterocycles. The highest BCUT2D eigenvalue weighted by Crippen LogP contribution is 2.40. The quantitative estimate of drug-likeness (QED) is 0.819. The van der Waals surface area contributed by atoms with Gasteiger partial charge in [-0.1, -0.05) is 6.58 Å². The summed E-state index contributed by atoms with van der Waals surface area (Å²) in [7, 11) is 0. The van der Waals surface area contributed by atoms with Gasteiger partial charge in [0.05, 0.1) is 5.76 Å². The van der Waals surface area contributed by atoms with Crippen molar-refractivity contribution in [3.63, 3.8) is 0 Å². The topological polar surface area (TPSA) is 49.7 Å². The van der Waals surface area contributed by atoms with Crippen LogP contribution in [0.25, 0.3) is 0 Å². The Morgan fingerprint density at radius 3 is 2.25 bits per heavy atom. The second kappa shape index (κ2) is 5.04. The van der Waals surface area contributed by atoms with E-state index in [1.807, 2.05) is 20.8 Å². The van der Waals surface area contributed by atoms with Crippen molar-refractivity contribution < 1.29 is 14.9 Å². The molecule has 0 saturated carbocycles. The van der Waals surface area contributed by atoms with Crippen LogP contribution >= 0.6 is 0 Å². The minimum absolute atomic E-state index is 0.204. The lowest BCUT2D eigenvalue weighted by Gasteiger charge is -2.25. The van der Waals surface area contributed by atoms with E-state index in [-0.39, 0.29) is 11.4 Å². The van der Waals surface area contributed by atoms with E-state index in [1.165, 1.54) is 0 Å². The van der Waals surface area contributed by atoms with E-state index in [1.54, 1.807) is 0 Å². The van der Waals surface area contributed by atoms with Crippen LogP contribution in [0.2, 0.25) is 0 Å². The zero-order valence-electron chi connectivity index (χ0n) is 12.8. The van der Waals surface area contributed by atoms with Gasteiger partial charge in [0.25, 0.3) is 0 Å². The smallest absolute Gasteiger partial charge is 0.122 e. The average Bonchev–Trinajstić information content (AvgIpc) is 2.74. The molecule has 1 aromatic carbocycles. The van der Waals surface area contributed by atoms with Gasteiger partial charge in [-0.15, -0.1) is 0 Å². The van der Waals surface area contributed by atoms with Gasteiger partial charge < -0.3 is 14.9 Å². The third-order valence-corrected chi connectivity index (χ3v) is 4.59. The molecule has 0 amide bonds. The fraction of sp³-hybridized carbons (Fsp3) is 0.529. The average molecular weight is 276 g/mol. The van der Waals surface area contributed by atoms with Gasteiger partial charge in [-0.05, 0) is 63.6 Å². The van der Waals surface area contributed by atoms with Crippen molar-refractivity contribution in [1.29, 1.82) is 0 Å². The predicted molar refractivity (Wildman–Crippen MR) is 80.2 cm³/mol. The molecule has 0 unspecified atom stereocenters. The third kappa shape index (κ3) is 2.49. The summed E-state index contributed by atoms with van der Waals surface area (Å²) < 4.78 is 5.80. The maximum absolute atomic E-state index is 10.3. The first-order chi connectivity index (χ1) is 9.25. The molecule has 1 heterocycles. The molecule has 0 bridgehead atoms. The zero-order valence-corrected chi connectivity index (χ0v) is 12.8. The summed E-state index contributed by atoms with van der Waals surface area (Å²) in [6.07, 6.45) is 3.36. The van der Waals surface area contributed by atoms with E-state index in [2.05, 4.69) is 13.5 Å². The summed E-state index contributed by atoms with van der Waals surface area (Å²) in [6.45, 7) is 11.5. The molecule has 0 radical (unpaired) electrons. The Morgan fingerprint density at radius 2 is 1.70 bits per heavy atom. The number of hydrogen-bond donors (Lipinski definition) is 2. The monoisotopic (exact) mass is 276 g/mol. The van der Waals surface area contributed by atoms with Crippen molar-refractivity contribution in [1.82, 2.24) is 0 Å². The van der Waals surface area contributed by atoms with Crippen molar-refractivity contribution in [3.05, 3.63) is 34.6 Å². The Balaban J connectivity index is 2.24. The van der Waals surface area contributed by atoms with Crippen molar-refractivity contribution in [2.75, 3.05) is 0 Å². The molecule has 2 rings (SSSR count). The molecule has 0 aliphatic carbocycles. The van der Waals surface area contributed by atoms with Crippen LogP contribution in [0.1, 0.15) is 48.4 Å². The van der Waals surface area contributed by atoms with Crippen LogP contribution < -0.4 is 0 Å². The Bertz CT molecular complexity index is 531. The first-order valence-corrected chi connectivity index (χ1v) is 7.12. The number of ether oxygens (including phenoxy) is 1. The first kappa shape index (κ1) is 14.8. The lowest BCUT2D eigenvalue weighted by Crippen LogP contribution is -2.23. The van der Waals surface area contributed by atoms with Crippen LogP contribution in [0.5, 0.6) is 11.5 Å². The normalized spacial score (nSPS) is 22.1. The molecule has 110 valence electrons. The molecule has 2 N–H and O–H groups in total. The standard InChI is InChI=1S/C17H24O3/c1-10-6-8-17(5,20-10)9-7-14-13(4)15(18)11(2)12(3)16(14)19/h18-19H,1,6-9H2,2-5H3/t17-/m1/s1. The summed E-state index contributed by atoms with van der Waals surface area (Å²) in [4.78, 5) is 0. The molecule has 20 heavy (non-hydrogen) atoms. The number of hydrogen-bond acceptors (Lipinski definition) is 3. The first-order valence-electron chi connectivity index (χ1n) is 7.12. The summed E-state index contributed by atoms with van der Waals surface area (Å²) >= 11 is 0. The maximum atomic E-state index is 10.3. The molecular weight excluding hydrogens is 252 g/mol. The van der Waals surface area contributed by atoms with Crippen LogP contribution in [0.4, 0.5) is 0 Å². The summed E-state index contributed by atoms with van der Waals surface area (Å²) in [5.41, 5.74) is 2.90. The summed E-state index contributed by atoms with van der Waals surface area (Å²) in [6, 6.07) is 0. The van der Waals surface area contributed by atoms with Gasteiger partial charge in [0.2, 0.25) is 0 Å². The van der Waals surface area contributed by atoms with E-state index in [0.717, 1.165) is 47.3 Å². The molecule has 1 fully saturated rings. The Hall–Kier alpha value is -1.64. The minimum Gasteiger partial charge on any atom is -0.507 e. The van der Waals surface area contributed by atoms with E-state index in [9.17, 15) is 10.2 Å². The molecule has 3 heteroatoms. The molecule has 1 aliphatic heterocycles. The molecule has 0 aromatic heterocycles. The highest BCUT2D eigenvalue weighted by atomic mass is 16.5. The Morgan fingerprint density at radius 1 is 1.10 bits per heavy atom.